The van der Waals surface area contributed by atoms with Crippen LogP contribution in [0.25, 0.3) is 0 Å². The standard InChI is InChI=1S/C70H114NO8P/c1-6-8-10-12-14-16-18-20-22-23-24-25-26-27-28-29-30-31-32-33-34-35-36-37-38-39-40-41-42-43-44-45-46-47-49-51-53-55-57-59-61-63-70(73)79-68(67-78-80(74,75)77-65-64-71(3,4)5)66-76-69(72)62-60-58-56-54-52-50-48-21-19-17-15-13-11-9-7-2/h8-11,14-17,20-22,24-25,27-28,30-31,33-34,36-37,39-40,42-43,48,68H,6-7,12-13,18-19,23,26,29,32,35,38,41,44-47,49-67H2,1-5H3/p+1/b10-8-,11-9-,16-14-,17-15-,22-20-,25-24-,28-27-,31-30-,34-33-,37-36-,40-39-,43-42-,48-21-. The van der Waals surface area contributed by atoms with Crippen LogP contribution >= 0.6 is 7.82 Å². The Balaban J connectivity index is 4.10. The minimum atomic E-state index is -4.40. The quantitative estimate of drug-likeness (QED) is 0.0211. The number of unbranched alkanes of at least 4 members (excludes halogenated alkanes) is 15. The smallest absolute Gasteiger partial charge is 0.462 e. The average Bonchev–Trinajstić information content (AvgIpc) is 3.42. The van der Waals surface area contributed by atoms with Crippen molar-refractivity contribution in [2.24, 2.45) is 0 Å². The first kappa shape index (κ1) is 75.6. The number of phosphoric ester groups is 1. The zero-order valence-electron chi connectivity index (χ0n) is 51.2. The molecule has 10 heteroatoms. The lowest BCUT2D eigenvalue weighted by atomic mass is 10.0. The van der Waals surface area contributed by atoms with Gasteiger partial charge in [0.2, 0.25) is 0 Å². The van der Waals surface area contributed by atoms with Gasteiger partial charge in [0.05, 0.1) is 27.7 Å². The van der Waals surface area contributed by atoms with Gasteiger partial charge in [0.15, 0.2) is 6.10 Å². The molecule has 0 radical (unpaired) electrons. The summed E-state index contributed by atoms with van der Waals surface area (Å²) in [6.45, 7) is 4.16. The van der Waals surface area contributed by atoms with Crippen LogP contribution in [-0.4, -0.2) is 74.9 Å². The van der Waals surface area contributed by atoms with E-state index >= 15 is 0 Å². The highest BCUT2D eigenvalue weighted by Crippen LogP contribution is 2.43. The Bertz CT molecular complexity index is 1900. The fourth-order valence-corrected chi connectivity index (χ4v) is 8.56. The predicted octanol–water partition coefficient (Wildman–Crippen LogP) is 20.0. The third kappa shape index (κ3) is 62.8. The van der Waals surface area contributed by atoms with E-state index in [-0.39, 0.29) is 26.1 Å². The van der Waals surface area contributed by atoms with Crippen LogP contribution in [0.1, 0.15) is 219 Å². The molecular weight excluding hydrogens is 1010 g/mol. The van der Waals surface area contributed by atoms with E-state index in [2.05, 4.69) is 172 Å². The van der Waals surface area contributed by atoms with Gasteiger partial charge in [-0.15, -0.1) is 0 Å². The first-order chi connectivity index (χ1) is 39.0. The summed E-state index contributed by atoms with van der Waals surface area (Å²) in [5, 5.41) is 0. The van der Waals surface area contributed by atoms with E-state index in [4.69, 9.17) is 18.5 Å². The molecule has 0 rings (SSSR count). The molecule has 0 spiro atoms. The number of nitrogens with zero attached hydrogens (tertiary/aromatic N) is 1. The second-order valence-electron chi connectivity index (χ2n) is 21.3. The van der Waals surface area contributed by atoms with Crippen molar-refractivity contribution in [3.8, 4) is 0 Å². The normalized spacial score (nSPS) is 14.3. The highest BCUT2D eigenvalue weighted by molar-refractivity contribution is 7.47. The van der Waals surface area contributed by atoms with Crippen LogP contribution < -0.4 is 0 Å². The number of quaternary nitrogens is 1. The van der Waals surface area contributed by atoms with Crippen molar-refractivity contribution in [2.75, 3.05) is 47.5 Å². The molecule has 0 saturated heterocycles. The summed E-state index contributed by atoms with van der Waals surface area (Å²) in [6, 6.07) is 0. The number of hydrogen-bond acceptors (Lipinski definition) is 7. The highest BCUT2D eigenvalue weighted by Gasteiger charge is 2.27. The third-order valence-corrected chi connectivity index (χ3v) is 13.5. The molecule has 80 heavy (non-hydrogen) atoms. The highest BCUT2D eigenvalue weighted by atomic mass is 31.2. The number of ether oxygens (including phenoxy) is 2. The molecule has 452 valence electrons. The zero-order valence-corrected chi connectivity index (χ0v) is 52.1. The number of rotatable bonds is 55. The van der Waals surface area contributed by atoms with Crippen LogP contribution in [0.4, 0.5) is 0 Å². The molecule has 0 aromatic carbocycles. The molecule has 0 aromatic heterocycles. The molecule has 0 aliphatic rings. The molecule has 0 fully saturated rings. The molecule has 0 heterocycles. The third-order valence-electron chi connectivity index (χ3n) is 12.6. The largest absolute Gasteiger partial charge is 0.472 e. The van der Waals surface area contributed by atoms with Gasteiger partial charge in [0, 0.05) is 12.8 Å². The van der Waals surface area contributed by atoms with E-state index in [1.807, 2.05) is 21.1 Å². The van der Waals surface area contributed by atoms with Crippen molar-refractivity contribution in [1.29, 1.82) is 0 Å². The number of phosphoric acid groups is 1. The molecular formula is C70H115NO8P+. The summed E-state index contributed by atoms with van der Waals surface area (Å²) in [5.41, 5.74) is 0. The Kier molecular flexibility index (Phi) is 56.0. The molecule has 0 amide bonds. The number of hydrogen-bond donors (Lipinski definition) is 1. The minimum absolute atomic E-state index is 0.0200. The summed E-state index contributed by atoms with van der Waals surface area (Å²) in [5.74, 6) is -0.833. The van der Waals surface area contributed by atoms with Crippen LogP contribution in [0.3, 0.4) is 0 Å². The van der Waals surface area contributed by atoms with Crippen LogP contribution in [-0.2, 0) is 32.7 Å². The van der Waals surface area contributed by atoms with Gasteiger partial charge < -0.3 is 18.9 Å². The molecule has 0 saturated carbocycles. The van der Waals surface area contributed by atoms with Crippen LogP contribution in [0, 0.1) is 0 Å². The maximum atomic E-state index is 12.8. The van der Waals surface area contributed by atoms with E-state index in [0.29, 0.717) is 23.9 Å². The lowest BCUT2D eigenvalue weighted by molar-refractivity contribution is -0.870. The van der Waals surface area contributed by atoms with E-state index in [1.54, 1.807) is 0 Å². The Morgan fingerprint density at radius 2 is 0.675 bits per heavy atom. The van der Waals surface area contributed by atoms with Gasteiger partial charge in [-0.25, -0.2) is 4.57 Å². The lowest BCUT2D eigenvalue weighted by Gasteiger charge is -2.24. The summed E-state index contributed by atoms with van der Waals surface area (Å²) in [7, 11) is 1.44. The number of esters is 2. The fourth-order valence-electron chi connectivity index (χ4n) is 7.82. The fraction of sp³-hybridized carbons (Fsp3) is 0.600. The Morgan fingerprint density at radius 3 is 1.00 bits per heavy atom. The molecule has 0 aromatic rings. The summed E-state index contributed by atoms with van der Waals surface area (Å²) in [6.07, 6.45) is 89.0. The van der Waals surface area contributed by atoms with Gasteiger partial charge >= 0.3 is 19.8 Å². The van der Waals surface area contributed by atoms with Crippen molar-refractivity contribution < 1.29 is 42.1 Å². The zero-order chi connectivity index (χ0) is 58.4. The van der Waals surface area contributed by atoms with Crippen LogP contribution in [0.5, 0.6) is 0 Å². The number of allylic oxidation sites excluding steroid dienone is 26. The molecule has 2 atom stereocenters. The predicted molar refractivity (Wildman–Crippen MR) is 343 cm³/mol. The van der Waals surface area contributed by atoms with Gasteiger partial charge in [0.25, 0.3) is 0 Å². The Morgan fingerprint density at radius 1 is 0.388 bits per heavy atom. The molecule has 0 aliphatic heterocycles. The first-order valence-corrected chi connectivity index (χ1v) is 32.7. The van der Waals surface area contributed by atoms with Crippen molar-refractivity contribution >= 4 is 19.8 Å². The maximum absolute atomic E-state index is 12.8. The first-order valence-electron chi connectivity index (χ1n) is 31.2. The van der Waals surface area contributed by atoms with Gasteiger partial charge in [-0.1, -0.05) is 242 Å². The topological polar surface area (TPSA) is 108 Å². The van der Waals surface area contributed by atoms with Gasteiger partial charge in [-0.2, -0.15) is 0 Å². The van der Waals surface area contributed by atoms with E-state index in [0.717, 1.165) is 141 Å². The van der Waals surface area contributed by atoms with Crippen molar-refractivity contribution in [2.45, 2.75) is 225 Å². The van der Waals surface area contributed by atoms with Gasteiger partial charge in [-0.05, 0) is 122 Å². The maximum Gasteiger partial charge on any atom is 0.472 e. The minimum Gasteiger partial charge on any atom is -0.462 e. The molecule has 0 bridgehead atoms. The number of carbonyl (C=O) groups excluding carboxylic acids is 2. The Labute approximate surface area is 490 Å². The second kappa shape index (κ2) is 59.3. The van der Waals surface area contributed by atoms with E-state index in [1.165, 1.54) is 38.5 Å². The molecule has 2 unspecified atom stereocenters. The van der Waals surface area contributed by atoms with E-state index in [9.17, 15) is 19.0 Å². The van der Waals surface area contributed by atoms with Crippen molar-refractivity contribution in [3.05, 3.63) is 158 Å². The summed E-state index contributed by atoms with van der Waals surface area (Å²) in [4.78, 5) is 35.7. The van der Waals surface area contributed by atoms with Gasteiger partial charge in [-0.3, -0.25) is 18.6 Å². The number of likely N-dealkylation sites (N-methyl/N-ethyl adjacent to an activating group) is 1. The Hall–Kier alpha value is -4.37. The van der Waals surface area contributed by atoms with Crippen molar-refractivity contribution in [1.82, 2.24) is 0 Å². The molecule has 9 nitrogen and oxygen atoms in total. The van der Waals surface area contributed by atoms with E-state index < -0.39 is 32.5 Å². The SMILES string of the molecule is CC/C=C\C/C=C\C/C=C\C/C=C\C/C=C\C/C=C\C/C=C\C/C=C\C/C=C\C/C=C\CCCCCCCCCCCCC(=O)OC(COC(=O)CCCCCCC/C=C\C/C=C\C/C=C\CC)COP(=O)(O)OCC[N+](C)(C)C. The summed E-state index contributed by atoms with van der Waals surface area (Å²) < 4.78 is 34.5. The molecule has 1 N–H and O–H groups in total. The average molecular weight is 1130 g/mol. The monoisotopic (exact) mass is 1130 g/mol. The number of carbonyl (C=O) groups is 2. The summed E-state index contributed by atoms with van der Waals surface area (Å²) >= 11 is 0. The van der Waals surface area contributed by atoms with Gasteiger partial charge in [0.1, 0.15) is 19.8 Å². The van der Waals surface area contributed by atoms with Crippen LogP contribution in [0.2, 0.25) is 0 Å². The second-order valence-corrected chi connectivity index (χ2v) is 22.8. The van der Waals surface area contributed by atoms with Crippen molar-refractivity contribution in [3.63, 3.8) is 0 Å². The van der Waals surface area contributed by atoms with Crippen LogP contribution in [0.15, 0.2) is 158 Å². The molecule has 0 aliphatic carbocycles. The lowest BCUT2D eigenvalue weighted by Crippen LogP contribution is -2.37.